The highest BCUT2D eigenvalue weighted by atomic mass is 16.5. The molecule has 8 nitrogen and oxygen atoms in total. The lowest BCUT2D eigenvalue weighted by molar-refractivity contribution is 0.0940. The van der Waals surface area contributed by atoms with Gasteiger partial charge in [-0.2, -0.15) is 0 Å². The summed E-state index contributed by atoms with van der Waals surface area (Å²) in [5, 5.41) is 10.9. The van der Waals surface area contributed by atoms with Crippen LogP contribution in [-0.2, 0) is 0 Å². The zero-order valence-electron chi connectivity index (χ0n) is 16.4. The molecule has 0 saturated carbocycles. The van der Waals surface area contributed by atoms with Crippen LogP contribution in [0.1, 0.15) is 16.8 Å². The Balaban J connectivity index is 1.43. The van der Waals surface area contributed by atoms with Crippen LogP contribution in [0.3, 0.4) is 0 Å². The molecule has 29 heavy (non-hydrogen) atoms. The maximum atomic E-state index is 12.8. The lowest BCUT2D eigenvalue weighted by Gasteiger charge is -2.20. The molecule has 8 heteroatoms. The number of anilines is 1. The van der Waals surface area contributed by atoms with E-state index in [0.29, 0.717) is 5.56 Å². The molecular weight excluding hydrogens is 370 g/mol. The van der Waals surface area contributed by atoms with Crippen molar-refractivity contribution in [3.05, 3.63) is 60.4 Å². The zero-order valence-corrected chi connectivity index (χ0v) is 16.4. The van der Waals surface area contributed by atoms with Crippen LogP contribution in [0.15, 0.2) is 54.9 Å². The van der Waals surface area contributed by atoms with Gasteiger partial charge in [-0.05, 0) is 24.6 Å². The number of aromatic nitrogens is 3. The average Bonchev–Trinajstić information content (AvgIpc) is 3.46. The third-order valence-electron chi connectivity index (χ3n) is 5.02. The molecule has 2 heterocycles. The van der Waals surface area contributed by atoms with Crippen molar-refractivity contribution < 1.29 is 14.3 Å². The molecule has 150 valence electrons. The molecule has 1 saturated heterocycles. The van der Waals surface area contributed by atoms with E-state index in [1.54, 1.807) is 37.4 Å². The Morgan fingerprint density at radius 3 is 2.59 bits per heavy atom. The van der Waals surface area contributed by atoms with Crippen molar-refractivity contribution in [3.8, 4) is 17.2 Å². The van der Waals surface area contributed by atoms with E-state index in [1.807, 2.05) is 36.4 Å². The summed E-state index contributed by atoms with van der Waals surface area (Å²) in [5.41, 5.74) is 2.41. The number of ether oxygens (including phenoxy) is 2. The van der Waals surface area contributed by atoms with Crippen molar-refractivity contribution >= 4 is 11.6 Å². The van der Waals surface area contributed by atoms with Crippen molar-refractivity contribution in [2.75, 3.05) is 32.2 Å². The highest BCUT2D eigenvalue weighted by molar-refractivity contribution is 5.95. The van der Waals surface area contributed by atoms with Gasteiger partial charge in [0.15, 0.2) is 0 Å². The van der Waals surface area contributed by atoms with Crippen LogP contribution in [0, 0.1) is 0 Å². The molecule has 3 aromatic rings. The highest BCUT2D eigenvalue weighted by Crippen LogP contribution is 2.30. The summed E-state index contributed by atoms with van der Waals surface area (Å²) in [6.07, 6.45) is 4.22. The summed E-state index contributed by atoms with van der Waals surface area (Å²) in [4.78, 5) is 15.0. The summed E-state index contributed by atoms with van der Waals surface area (Å²) >= 11 is 0. The number of carbonyl (C=O) groups excluding carboxylic acids is 1. The van der Waals surface area contributed by atoms with E-state index in [2.05, 4.69) is 20.5 Å². The minimum Gasteiger partial charge on any atom is -0.497 e. The van der Waals surface area contributed by atoms with Gasteiger partial charge in [-0.15, -0.1) is 5.10 Å². The van der Waals surface area contributed by atoms with Crippen molar-refractivity contribution in [2.24, 2.45) is 0 Å². The number of hydrogen-bond acceptors (Lipinski definition) is 6. The van der Waals surface area contributed by atoms with Crippen molar-refractivity contribution in [2.45, 2.75) is 12.5 Å². The van der Waals surface area contributed by atoms with Gasteiger partial charge in [0.25, 0.3) is 5.91 Å². The smallest absolute Gasteiger partial charge is 0.251 e. The molecule has 0 spiro atoms. The average molecular weight is 393 g/mol. The Hall–Kier alpha value is -3.55. The number of methoxy groups -OCH3 is 2. The van der Waals surface area contributed by atoms with Crippen LogP contribution in [0.4, 0.5) is 5.69 Å². The number of nitrogens with one attached hydrogen (secondary N) is 1. The first-order chi connectivity index (χ1) is 14.2. The second-order valence-corrected chi connectivity index (χ2v) is 6.87. The second-order valence-electron chi connectivity index (χ2n) is 6.87. The Morgan fingerprint density at radius 1 is 1.10 bits per heavy atom. The number of hydrogen-bond donors (Lipinski definition) is 1. The molecule has 0 aliphatic carbocycles. The fraction of sp³-hybridized carbons (Fsp3) is 0.286. The number of nitrogens with zero attached hydrogens (tertiary/aromatic N) is 4. The van der Waals surface area contributed by atoms with E-state index in [4.69, 9.17) is 9.47 Å². The van der Waals surface area contributed by atoms with E-state index in [0.717, 1.165) is 42.4 Å². The zero-order chi connectivity index (χ0) is 20.2. The first kappa shape index (κ1) is 18.8. The molecule has 1 N–H and O–H groups in total. The van der Waals surface area contributed by atoms with Gasteiger partial charge in [-0.3, -0.25) is 4.79 Å². The van der Waals surface area contributed by atoms with Crippen LogP contribution >= 0.6 is 0 Å². The number of carbonyl (C=O) groups is 1. The molecule has 0 unspecified atom stereocenters. The highest BCUT2D eigenvalue weighted by Gasteiger charge is 2.25. The fourth-order valence-corrected chi connectivity index (χ4v) is 3.49. The first-order valence-electron chi connectivity index (χ1n) is 9.42. The summed E-state index contributed by atoms with van der Waals surface area (Å²) in [6.45, 7) is 1.57. The van der Waals surface area contributed by atoms with Crippen LogP contribution in [0.5, 0.6) is 11.5 Å². The van der Waals surface area contributed by atoms with Gasteiger partial charge in [0, 0.05) is 48.6 Å². The number of amides is 1. The van der Waals surface area contributed by atoms with E-state index in [-0.39, 0.29) is 11.9 Å². The lowest BCUT2D eigenvalue weighted by Crippen LogP contribution is -2.37. The van der Waals surface area contributed by atoms with Gasteiger partial charge in [-0.25, -0.2) is 4.68 Å². The largest absolute Gasteiger partial charge is 0.497 e. The minimum atomic E-state index is -0.0953. The predicted molar refractivity (Wildman–Crippen MR) is 109 cm³/mol. The molecule has 0 radical (unpaired) electrons. The lowest BCUT2D eigenvalue weighted by atomic mass is 10.1. The second kappa shape index (κ2) is 8.22. The van der Waals surface area contributed by atoms with Crippen LogP contribution in [0.2, 0.25) is 0 Å². The summed E-state index contributed by atoms with van der Waals surface area (Å²) in [6, 6.07) is 13.2. The molecule has 1 aliphatic rings. The molecule has 2 aromatic carbocycles. The van der Waals surface area contributed by atoms with Crippen LogP contribution < -0.4 is 19.7 Å². The third-order valence-corrected chi connectivity index (χ3v) is 5.02. The van der Waals surface area contributed by atoms with E-state index in [1.165, 1.54) is 0 Å². The summed E-state index contributed by atoms with van der Waals surface area (Å²) < 4.78 is 12.3. The maximum absolute atomic E-state index is 12.8. The summed E-state index contributed by atoms with van der Waals surface area (Å²) in [5.74, 6) is 1.40. The van der Waals surface area contributed by atoms with Gasteiger partial charge in [0.05, 0.1) is 32.3 Å². The SMILES string of the molecule is COc1cc(OC)cc(N2CC[C@@H](NC(=O)c3cccc(-n4ccnn4)c3)C2)c1. The number of rotatable bonds is 6. The fourth-order valence-electron chi connectivity index (χ4n) is 3.49. The van der Waals surface area contributed by atoms with Crippen LogP contribution in [0.25, 0.3) is 5.69 Å². The molecule has 1 aliphatic heterocycles. The summed E-state index contributed by atoms with van der Waals surface area (Å²) in [7, 11) is 3.28. The normalized spacial score (nSPS) is 15.9. The molecule has 1 amide bonds. The van der Waals surface area contributed by atoms with Gasteiger partial charge in [0.2, 0.25) is 0 Å². The first-order valence-corrected chi connectivity index (χ1v) is 9.42. The Bertz CT molecular complexity index is 967. The van der Waals surface area contributed by atoms with E-state index < -0.39 is 0 Å². The molecule has 1 aromatic heterocycles. The van der Waals surface area contributed by atoms with Gasteiger partial charge < -0.3 is 19.7 Å². The van der Waals surface area contributed by atoms with E-state index in [9.17, 15) is 4.79 Å². The van der Waals surface area contributed by atoms with Crippen molar-refractivity contribution in [1.29, 1.82) is 0 Å². The van der Waals surface area contributed by atoms with Gasteiger partial charge >= 0.3 is 0 Å². The topological polar surface area (TPSA) is 81.5 Å². The molecule has 4 rings (SSSR count). The Labute approximate surface area is 169 Å². The van der Waals surface area contributed by atoms with Gasteiger partial charge in [0.1, 0.15) is 11.5 Å². The molecule has 0 bridgehead atoms. The Kier molecular flexibility index (Phi) is 5.33. The maximum Gasteiger partial charge on any atom is 0.251 e. The number of benzene rings is 2. The minimum absolute atomic E-state index is 0.0646. The molecule has 1 fully saturated rings. The quantitative estimate of drug-likeness (QED) is 0.692. The van der Waals surface area contributed by atoms with Crippen molar-refractivity contribution in [3.63, 3.8) is 0 Å². The Morgan fingerprint density at radius 2 is 1.90 bits per heavy atom. The molecule has 1 atom stereocenters. The third kappa shape index (κ3) is 4.16. The van der Waals surface area contributed by atoms with E-state index >= 15 is 0 Å². The van der Waals surface area contributed by atoms with Crippen molar-refractivity contribution in [1.82, 2.24) is 20.3 Å². The van der Waals surface area contributed by atoms with Crippen LogP contribution in [-0.4, -0.2) is 54.3 Å². The standard InChI is InChI=1S/C21H23N5O3/c1-28-19-11-18(12-20(13-19)29-2)25-8-6-16(14-25)23-21(27)15-4-3-5-17(10-15)26-9-7-22-24-26/h3-5,7,9-13,16H,6,8,14H2,1-2H3,(H,23,27)/t16-/m1/s1. The molecular formula is C21H23N5O3. The van der Waals surface area contributed by atoms with Gasteiger partial charge in [-0.1, -0.05) is 11.3 Å². The predicted octanol–water partition coefficient (Wildman–Crippen LogP) is 2.29. The monoisotopic (exact) mass is 393 g/mol.